The van der Waals surface area contributed by atoms with Crippen molar-refractivity contribution in [1.29, 1.82) is 0 Å². The molecule has 0 aliphatic rings. The lowest BCUT2D eigenvalue weighted by Crippen LogP contribution is -2.15. The van der Waals surface area contributed by atoms with Crippen LogP contribution in [-0.4, -0.2) is 10.9 Å². The Morgan fingerprint density at radius 2 is 1.80 bits per heavy atom. The number of nitrogens with zero attached hydrogens (tertiary/aromatic N) is 1. The lowest BCUT2D eigenvalue weighted by molar-refractivity contribution is 0.102. The van der Waals surface area contributed by atoms with Gasteiger partial charge in [0.05, 0.1) is 5.56 Å². The van der Waals surface area contributed by atoms with Gasteiger partial charge in [-0.1, -0.05) is 31.9 Å². The second kappa shape index (κ2) is 9.92. The lowest BCUT2D eigenvalue weighted by atomic mass is 10.1. The highest BCUT2D eigenvalue weighted by Crippen LogP contribution is 2.25. The number of pyridine rings is 1. The summed E-state index contributed by atoms with van der Waals surface area (Å²) in [6.07, 6.45) is 4.70. The van der Waals surface area contributed by atoms with E-state index in [0.29, 0.717) is 17.0 Å². The largest absolute Gasteiger partial charge is 0.457 e. The Labute approximate surface area is 178 Å². The SMILES string of the molecule is CCCCCc1cccc(Oc2ccc(NC(=O)c3cc(C)c(C)nc3N)cc2)c1. The summed E-state index contributed by atoms with van der Waals surface area (Å²) in [5.41, 5.74) is 9.98. The van der Waals surface area contributed by atoms with E-state index in [4.69, 9.17) is 10.5 Å². The Morgan fingerprint density at radius 1 is 1.03 bits per heavy atom. The van der Waals surface area contributed by atoms with Gasteiger partial charge in [0.2, 0.25) is 0 Å². The number of aryl methyl sites for hydroxylation is 3. The maximum Gasteiger partial charge on any atom is 0.259 e. The van der Waals surface area contributed by atoms with Gasteiger partial charge in [0.1, 0.15) is 17.3 Å². The Balaban J connectivity index is 1.63. The van der Waals surface area contributed by atoms with Crippen molar-refractivity contribution in [1.82, 2.24) is 4.98 Å². The minimum atomic E-state index is -0.281. The Hall–Kier alpha value is -3.34. The molecule has 0 saturated carbocycles. The van der Waals surface area contributed by atoms with Crippen molar-refractivity contribution in [2.45, 2.75) is 46.5 Å². The third-order valence-corrected chi connectivity index (χ3v) is 5.06. The van der Waals surface area contributed by atoms with Crippen molar-refractivity contribution in [3.05, 3.63) is 77.0 Å². The number of amides is 1. The van der Waals surface area contributed by atoms with Crippen molar-refractivity contribution < 1.29 is 9.53 Å². The first-order valence-electron chi connectivity index (χ1n) is 10.4. The molecule has 0 saturated heterocycles. The first-order chi connectivity index (χ1) is 14.5. The van der Waals surface area contributed by atoms with Gasteiger partial charge in [-0.3, -0.25) is 4.79 Å². The Kier molecular flexibility index (Phi) is 7.07. The van der Waals surface area contributed by atoms with Crippen LogP contribution in [0.1, 0.15) is 53.4 Å². The van der Waals surface area contributed by atoms with Gasteiger partial charge < -0.3 is 15.8 Å². The molecule has 3 rings (SSSR count). The van der Waals surface area contributed by atoms with Crippen LogP contribution < -0.4 is 15.8 Å². The van der Waals surface area contributed by atoms with Gasteiger partial charge in [-0.05, 0) is 80.3 Å². The van der Waals surface area contributed by atoms with E-state index < -0.39 is 0 Å². The zero-order valence-electron chi connectivity index (χ0n) is 17.9. The summed E-state index contributed by atoms with van der Waals surface area (Å²) >= 11 is 0. The van der Waals surface area contributed by atoms with Crippen molar-refractivity contribution in [2.75, 3.05) is 11.1 Å². The second-order valence-electron chi connectivity index (χ2n) is 7.51. The number of carbonyl (C=O) groups excluding carboxylic acids is 1. The van der Waals surface area contributed by atoms with Crippen molar-refractivity contribution in [3.8, 4) is 11.5 Å². The van der Waals surface area contributed by atoms with Crippen LogP contribution in [0.2, 0.25) is 0 Å². The van der Waals surface area contributed by atoms with Gasteiger partial charge in [0.25, 0.3) is 5.91 Å². The Bertz CT molecular complexity index is 1010. The third-order valence-electron chi connectivity index (χ3n) is 5.06. The summed E-state index contributed by atoms with van der Waals surface area (Å²) in [5.74, 6) is 1.48. The van der Waals surface area contributed by atoms with Gasteiger partial charge in [-0.25, -0.2) is 4.98 Å². The summed E-state index contributed by atoms with van der Waals surface area (Å²) in [6.45, 7) is 5.98. The maximum absolute atomic E-state index is 12.6. The molecular formula is C25H29N3O2. The van der Waals surface area contributed by atoms with Crippen LogP contribution in [0.3, 0.4) is 0 Å². The molecule has 3 N–H and O–H groups in total. The number of nitrogen functional groups attached to an aromatic ring is 1. The summed E-state index contributed by atoms with van der Waals surface area (Å²) in [7, 11) is 0. The number of anilines is 2. The van der Waals surface area contributed by atoms with E-state index in [0.717, 1.165) is 23.4 Å². The molecule has 2 aromatic carbocycles. The number of aromatic nitrogens is 1. The fourth-order valence-electron chi connectivity index (χ4n) is 3.19. The average molecular weight is 404 g/mol. The van der Waals surface area contributed by atoms with E-state index in [9.17, 15) is 4.79 Å². The fraction of sp³-hybridized carbons (Fsp3) is 0.280. The maximum atomic E-state index is 12.6. The number of unbranched alkanes of at least 4 members (excludes halogenated alkanes) is 2. The van der Waals surface area contributed by atoms with E-state index in [-0.39, 0.29) is 11.7 Å². The molecule has 156 valence electrons. The molecule has 0 radical (unpaired) electrons. The van der Waals surface area contributed by atoms with E-state index in [2.05, 4.69) is 29.4 Å². The molecule has 5 heteroatoms. The smallest absolute Gasteiger partial charge is 0.259 e. The van der Waals surface area contributed by atoms with Gasteiger partial charge >= 0.3 is 0 Å². The number of hydrogen-bond acceptors (Lipinski definition) is 4. The van der Waals surface area contributed by atoms with Crippen LogP contribution in [-0.2, 0) is 6.42 Å². The zero-order chi connectivity index (χ0) is 21.5. The van der Waals surface area contributed by atoms with E-state index >= 15 is 0 Å². The quantitative estimate of drug-likeness (QED) is 0.448. The predicted molar refractivity (Wildman–Crippen MR) is 122 cm³/mol. The van der Waals surface area contributed by atoms with Crippen LogP contribution in [0.4, 0.5) is 11.5 Å². The van der Waals surface area contributed by atoms with E-state index in [1.165, 1.54) is 24.8 Å². The third kappa shape index (κ3) is 5.60. The van der Waals surface area contributed by atoms with E-state index in [1.54, 1.807) is 6.07 Å². The molecule has 0 atom stereocenters. The number of nitrogens with one attached hydrogen (secondary N) is 1. The highest BCUT2D eigenvalue weighted by molar-refractivity contribution is 6.07. The molecule has 0 aliphatic carbocycles. The second-order valence-corrected chi connectivity index (χ2v) is 7.51. The molecule has 3 aromatic rings. The molecule has 30 heavy (non-hydrogen) atoms. The van der Waals surface area contributed by atoms with Crippen LogP contribution in [0.25, 0.3) is 0 Å². The normalized spacial score (nSPS) is 10.6. The summed E-state index contributed by atoms with van der Waals surface area (Å²) < 4.78 is 5.98. The summed E-state index contributed by atoms with van der Waals surface area (Å²) in [5, 5.41) is 2.86. The molecule has 0 aliphatic heterocycles. The predicted octanol–water partition coefficient (Wildman–Crippen LogP) is 6.06. The van der Waals surface area contributed by atoms with Crippen LogP contribution in [0.5, 0.6) is 11.5 Å². The van der Waals surface area contributed by atoms with Gasteiger partial charge in [-0.2, -0.15) is 0 Å². The number of benzene rings is 2. The molecule has 0 spiro atoms. The van der Waals surface area contributed by atoms with Crippen molar-refractivity contribution in [2.24, 2.45) is 0 Å². The van der Waals surface area contributed by atoms with Crippen molar-refractivity contribution in [3.63, 3.8) is 0 Å². The standard InChI is InChI=1S/C25H29N3O2/c1-4-5-6-8-19-9-7-10-22(16-19)30-21-13-11-20(12-14-21)28-25(29)23-15-17(2)18(3)27-24(23)26/h7,9-16H,4-6,8H2,1-3H3,(H2,26,27)(H,28,29). The minimum absolute atomic E-state index is 0.231. The molecule has 5 nitrogen and oxygen atoms in total. The number of rotatable bonds is 8. The van der Waals surface area contributed by atoms with Crippen LogP contribution in [0.15, 0.2) is 54.6 Å². The first-order valence-corrected chi connectivity index (χ1v) is 10.4. The van der Waals surface area contributed by atoms with Crippen LogP contribution >= 0.6 is 0 Å². The lowest BCUT2D eigenvalue weighted by Gasteiger charge is -2.11. The molecule has 0 unspecified atom stereocenters. The molecule has 0 bridgehead atoms. The number of hydrogen-bond donors (Lipinski definition) is 2. The van der Waals surface area contributed by atoms with Crippen molar-refractivity contribution >= 4 is 17.4 Å². The van der Waals surface area contributed by atoms with Crippen LogP contribution in [0, 0.1) is 13.8 Å². The van der Waals surface area contributed by atoms with E-state index in [1.807, 2.05) is 50.2 Å². The molecular weight excluding hydrogens is 374 g/mol. The highest BCUT2D eigenvalue weighted by atomic mass is 16.5. The number of ether oxygens (including phenoxy) is 1. The summed E-state index contributed by atoms with van der Waals surface area (Å²) in [6, 6.07) is 17.2. The minimum Gasteiger partial charge on any atom is -0.457 e. The highest BCUT2D eigenvalue weighted by Gasteiger charge is 2.13. The monoisotopic (exact) mass is 403 g/mol. The molecule has 0 fully saturated rings. The molecule has 1 amide bonds. The number of carbonyl (C=O) groups is 1. The Morgan fingerprint density at radius 3 is 2.53 bits per heavy atom. The topological polar surface area (TPSA) is 77.2 Å². The fourth-order valence-corrected chi connectivity index (χ4v) is 3.19. The van der Waals surface area contributed by atoms with Gasteiger partial charge in [0.15, 0.2) is 0 Å². The van der Waals surface area contributed by atoms with Gasteiger partial charge in [0, 0.05) is 11.4 Å². The summed E-state index contributed by atoms with van der Waals surface area (Å²) in [4.78, 5) is 16.8. The van der Waals surface area contributed by atoms with Gasteiger partial charge in [-0.15, -0.1) is 0 Å². The zero-order valence-corrected chi connectivity index (χ0v) is 17.9. The molecule has 1 aromatic heterocycles. The molecule has 1 heterocycles. The number of nitrogens with two attached hydrogens (primary N) is 1. The average Bonchev–Trinajstić information content (AvgIpc) is 2.72. The first kappa shape index (κ1) is 21.4.